The minimum absolute atomic E-state index is 0.0426. The van der Waals surface area contributed by atoms with Crippen LogP contribution in [0.15, 0.2) is 23.0 Å². The number of hydrogen-bond donors (Lipinski definition) is 1. The van der Waals surface area contributed by atoms with Crippen LogP contribution < -0.4 is 5.43 Å². The van der Waals surface area contributed by atoms with E-state index in [0.29, 0.717) is 23.4 Å². The minimum atomic E-state index is -0.366. The Kier molecular flexibility index (Phi) is 3.81. The first kappa shape index (κ1) is 14.3. The summed E-state index contributed by atoms with van der Waals surface area (Å²) in [5.74, 6) is 0.311. The molecule has 3 rings (SSSR count). The third-order valence-corrected chi connectivity index (χ3v) is 4.40. The standard InChI is InChI=1S/C17H21FN2O/c1-11-4-3-7-20(9-11)10-15-12(2)19-16-6-5-13(18)8-14(16)17(15)21/h5-6,8,11H,3-4,7,9-10H2,1-2H3,(H,19,21)/t11-/m1/s1. The molecule has 1 fully saturated rings. The summed E-state index contributed by atoms with van der Waals surface area (Å²) < 4.78 is 13.4. The van der Waals surface area contributed by atoms with Gasteiger partial charge in [0.1, 0.15) is 5.82 Å². The normalized spacial score (nSPS) is 20.0. The van der Waals surface area contributed by atoms with Crippen LogP contribution in [0.1, 0.15) is 31.0 Å². The molecule has 1 aromatic heterocycles. The SMILES string of the molecule is Cc1[nH]c2ccc(F)cc2c(=O)c1CN1CCC[C@@H](C)C1. The summed E-state index contributed by atoms with van der Waals surface area (Å²) >= 11 is 0. The van der Waals surface area contributed by atoms with E-state index in [2.05, 4.69) is 16.8 Å². The molecule has 0 amide bonds. The van der Waals surface area contributed by atoms with Crippen molar-refractivity contribution >= 4 is 10.9 Å². The highest BCUT2D eigenvalue weighted by Crippen LogP contribution is 2.19. The Bertz CT molecular complexity index is 723. The van der Waals surface area contributed by atoms with Crippen molar-refractivity contribution in [1.29, 1.82) is 0 Å². The largest absolute Gasteiger partial charge is 0.358 e. The number of aromatic nitrogens is 1. The molecular weight excluding hydrogens is 267 g/mol. The fourth-order valence-corrected chi connectivity index (χ4v) is 3.27. The number of aromatic amines is 1. The lowest BCUT2D eigenvalue weighted by Crippen LogP contribution is -2.35. The molecule has 2 aromatic rings. The highest BCUT2D eigenvalue weighted by Gasteiger charge is 2.19. The molecule has 1 aliphatic rings. The van der Waals surface area contributed by atoms with E-state index in [4.69, 9.17) is 0 Å². The lowest BCUT2D eigenvalue weighted by Gasteiger charge is -2.31. The number of aryl methyl sites for hydroxylation is 1. The van der Waals surface area contributed by atoms with Gasteiger partial charge in [0.2, 0.25) is 0 Å². The zero-order valence-corrected chi connectivity index (χ0v) is 12.6. The zero-order chi connectivity index (χ0) is 15.0. The van der Waals surface area contributed by atoms with E-state index in [0.717, 1.165) is 24.3 Å². The van der Waals surface area contributed by atoms with Crippen molar-refractivity contribution in [3.8, 4) is 0 Å². The van der Waals surface area contributed by atoms with Gasteiger partial charge in [-0.05, 0) is 50.4 Å². The molecule has 0 saturated carbocycles. The summed E-state index contributed by atoms with van der Waals surface area (Å²) in [6.45, 7) is 6.88. The summed E-state index contributed by atoms with van der Waals surface area (Å²) in [6, 6.07) is 4.34. The number of benzene rings is 1. The molecule has 1 aromatic carbocycles. The van der Waals surface area contributed by atoms with Crippen molar-refractivity contribution in [3.05, 3.63) is 45.5 Å². The van der Waals surface area contributed by atoms with E-state index in [9.17, 15) is 9.18 Å². The number of rotatable bonds is 2. The minimum Gasteiger partial charge on any atom is -0.358 e. The summed E-state index contributed by atoms with van der Waals surface area (Å²) in [7, 11) is 0. The molecule has 0 bridgehead atoms. The number of nitrogens with one attached hydrogen (secondary N) is 1. The third-order valence-electron chi connectivity index (χ3n) is 4.40. The van der Waals surface area contributed by atoms with Gasteiger partial charge in [-0.3, -0.25) is 9.69 Å². The van der Waals surface area contributed by atoms with Gasteiger partial charge in [0.15, 0.2) is 5.43 Å². The van der Waals surface area contributed by atoms with Crippen LogP contribution in [0.3, 0.4) is 0 Å². The summed E-state index contributed by atoms with van der Waals surface area (Å²) in [5.41, 5.74) is 2.31. The van der Waals surface area contributed by atoms with Gasteiger partial charge in [-0.1, -0.05) is 6.92 Å². The van der Waals surface area contributed by atoms with Crippen molar-refractivity contribution in [3.63, 3.8) is 0 Å². The maximum absolute atomic E-state index is 13.4. The van der Waals surface area contributed by atoms with Crippen LogP contribution in [0.2, 0.25) is 0 Å². The fraction of sp³-hybridized carbons (Fsp3) is 0.471. The average Bonchev–Trinajstić information content (AvgIpc) is 2.45. The predicted octanol–water partition coefficient (Wildman–Crippen LogP) is 3.21. The maximum Gasteiger partial charge on any atom is 0.194 e. The molecule has 0 aliphatic carbocycles. The first-order valence-corrected chi connectivity index (χ1v) is 7.58. The van der Waals surface area contributed by atoms with E-state index in [1.54, 1.807) is 6.07 Å². The van der Waals surface area contributed by atoms with Crippen LogP contribution in [-0.2, 0) is 6.54 Å². The lowest BCUT2D eigenvalue weighted by molar-refractivity contribution is 0.176. The van der Waals surface area contributed by atoms with Gasteiger partial charge >= 0.3 is 0 Å². The Morgan fingerprint density at radius 1 is 1.43 bits per heavy atom. The summed E-state index contributed by atoms with van der Waals surface area (Å²) in [4.78, 5) is 18.2. The zero-order valence-electron chi connectivity index (χ0n) is 12.6. The van der Waals surface area contributed by atoms with Crippen molar-refractivity contribution in [1.82, 2.24) is 9.88 Å². The molecule has 3 nitrogen and oxygen atoms in total. The number of nitrogens with zero attached hydrogens (tertiary/aromatic N) is 1. The van der Waals surface area contributed by atoms with E-state index >= 15 is 0 Å². The second-order valence-corrected chi connectivity index (χ2v) is 6.23. The molecule has 1 N–H and O–H groups in total. The smallest absolute Gasteiger partial charge is 0.194 e. The molecule has 4 heteroatoms. The number of hydrogen-bond acceptors (Lipinski definition) is 2. The van der Waals surface area contributed by atoms with Gasteiger partial charge in [0.05, 0.1) is 0 Å². The Hall–Kier alpha value is -1.68. The lowest BCUT2D eigenvalue weighted by atomic mass is 9.99. The molecule has 2 heterocycles. The van der Waals surface area contributed by atoms with Crippen molar-refractivity contribution < 1.29 is 4.39 Å². The second-order valence-electron chi connectivity index (χ2n) is 6.23. The number of halogens is 1. The average molecular weight is 288 g/mol. The van der Waals surface area contributed by atoms with Crippen LogP contribution >= 0.6 is 0 Å². The molecule has 112 valence electrons. The molecule has 1 saturated heterocycles. The van der Waals surface area contributed by atoms with Crippen LogP contribution in [-0.4, -0.2) is 23.0 Å². The fourth-order valence-electron chi connectivity index (χ4n) is 3.27. The Morgan fingerprint density at radius 3 is 3.00 bits per heavy atom. The number of H-pyrrole nitrogens is 1. The highest BCUT2D eigenvalue weighted by atomic mass is 19.1. The van der Waals surface area contributed by atoms with Gasteiger partial charge in [0, 0.05) is 35.2 Å². The van der Waals surface area contributed by atoms with E-state index < -0.39 is 0 Å². The van der Waals surface area contributed by atoms with E-state index in [1.807, 2.05) is 6.92 Å². The third kappa shape index (κ3) is 2.86. The molecular formula is C17H21FN2O. The second kappa shape index (κ2) is 5.60. The van der Waals surface area contributed by atoms with E-state index in [-0.39, 0.29) is 11.2 Å². The van der Waals surface area contributed by atoms with Gasteiger partial charge in [0.25, 0.3) is 0 Å². The number of fused-ring (bicyclic) bond motifs is 1. The first-order valence-electron chi connectivity index (χ1n) is 7.58. The van der Waals surface area contributed by atoms with E-state index in [1.165, 1.54) is 25.0 Å². The Labute approximate surface area is 123 Å². The van der Waals surface area contributed by atoms with Crippen molar-refractivity contribution in [2.24, 2.45) is 5.92 Å². The molecule has 0 unspecified atom stereocenters. The monoisotopic (exact) mass is 288 g/mol. The summed E-state index contributed by atoms with van der Waals surface area (Å²) in [6.07, 6.45) is 2.44. The molecule has 1 atom stereocenters. The molecule has 21 heavy (non-hydrogen) atoms. The Morgan fingerprint density at radius 2 is 2.24 bits per heavy atom. The van der Waals surface area contributed by atoms with Gasteiger partial charge in [-0.2, -0.15) is 0 Å². The molecule has 1 aliphatic heterocycles. The van der Waals surface area contributed by atoms with Crippen molar-refractivity contribution in [2.75, 3.05) is 13.1 Å². The first-order chi connectivity index (χ1) is 10.0. The molecule has 0 radical (unpaired) electrons. The van der Waals surface area contributed by atoms with Crippen LogP contribution in [0, 0.1) is 18.7 Å². The van der Waals surface area contributed by atoms with Crippen molar-refractivity contribution in [2.45, 2.75) is 33.2 Å². The van der Waals surface area contributed by atoms with Crippen LogP contribution in [0.25, 0.3) is 10.9 Å². The predicted molar refractivity (Wildman–Crippen MR) is 82.9 cm³/mol. The van der Waals surface area contributed by atoms with Gasteiger partial charge < -0.3 is 4.98 Å². The highest BCUT2D eigenvalue weighted by molar-refractivity contribution is 5.79. The number of likely N-dealkylation sites (tertiary alicyclic amines) is 1. The van der Waals surface area contributed by atoms with Gasteiger partial charge in [-0.25, -0.2) is 4.39 Å². The Balaban J connectivity index is 2.00. The quantitative estimate of drug-likeness (QED) is 0.921. The molecule has 0 spiro atoms. The topological polar surface area (TPSA) is 36.1 Å². The number of piperidine rings is 1. The maximum atomic E-state index is 13.4. The number of pyridine rings is 1. The summed E-state index contributed by atoms with van der Waals surface area (Å²) in [5, 5.41) is 0.445. The van der Waals surface area contributed by atoms with Crippen LogP contribution in [0.4, 0.5) is 4.39 Å². The van der Waals surface area contributed by atoms with Gasteiger partial charge in [-0.15, -0.1) is 0 Å². The van der Waals surface area contributed by atoms with Crippen LogP contribution in [0.5, 0.6) is 0 Å².